The predicted molar refractivity (Wildman–Crippen MR) is 89.4 cm³/mol. The Morgan fingerprint density at radius 2 is 2.25 bits per heavy atom. The number of primary sulfonamides is 1. The van der Waals surface area contributed by atoms with Crippen molar-refractivity contribution in [2.24, 2.45) is 5.14 Å². The number of sulfonamides is 1. The highest BCUT2D eigenvalue weighted by Crippen LogP contribution is 2.33. The summed E-state index contributed by atoms with van der Waals surface area (Å²) in [5, 5.41) is 18.8. The number of hydrogen-bond acceptors (Lipinski definition) is 8. The lowest BCUT2D eigenvalue weighted by Gasteiger charge is -2.16. The molecule has 0 radical (unpaired) electrons. The second kappa shape index (κ2) is 6.93. The van der Waals surface area contributed by atoms with Gasteiger partial charge >= 0.3 is 0 Å². The second-order valence-electron chi connectivity index (χ2n) is 5.10. The molecule has 0 aliphatic carbocycles. The normalized spacial score (nSPS) is 14.9. The minimum Gasteiger partial charge on any atom is -0.473 e. The van der Waals surface area contributed by atoms with Gasteiger partial charge in [0.05, 0.1) is 4.90 Å². The Kier molecular flexibility index (Phi) is 4.90. The number of thioether (sulfide) groups is 1. The maximum Gasteiger partial charge on any atom is 0.238 e. The number of nitrogens with two attached hydrogens (primary N) is 1. The zero-order valence-electron chi connectivity index (χ0n) is 12.5. The number of rotatable bonds is 6. The fourth-order valence-electron chi connectivity index (χ4n) is 2.25. The van der Waals surface area contributed by atoms with Crippen LogP contribution in [0.15, 0.2) is 40.5 Å². The number of aromatic nitrogens is 2. The summed E-state index contributed by atoms with van der Waals surface area (Å²) < 4.78 is 28.2. The van der Waals surface area contributed by atoms with Crippen LogP contribution in [-0.4, -0.2) is 42.1 Å². The van der Waals surface area contributed by atoms with Gasteiger partial charge in [-0.3, -0.25) is 0 Å². The lowest BCUT2D eigenvalue weighted by molar-refractivity contribution is 0.125. The van der Waals surface area contributed by atoms with E-state index in [2.05, 4.69) is 15.3 Å². The molecule has 2 aromatic rings. The molecular weight excluding hydrogens is 352 g/mol. The molecule has 0 amide bonds. The number of ether oxygens (including phenoxy) is 1. The van der Waals surface area contributed by atoms with E-state index in [0.717, 1.165) is 22.8 Å². The highest BCUT2D eigenvalue weighted by molar-refractivity contribution is 7.99. The predicted octanol–water partition coefficient (Wildman–Crippen LogP) is 0.581. The van der Waals surface area contributed by atoms with E-state index in [1.165, 1.54) is 24.5 Å². The van der Waals surface area contributed by atoms with Crippen molar-refractivity contribution in [2.45, 2.75) is 22.6 Å². The minimum atomic E-state index is -3.80. The van der Waals surface area contributed by atoms with Gasteiger partial charge in [-0.25, -0.2) is 23.5 Å². The molecule has 0 bridgehead atoms. The highest BCUT2D eigenvalue weighted by Gasteiger charge is 2.19. The molecule has 1 aliphatic heterocycles. The number of nitrogens with one attached hydrogen (secondary N) is 1. The monoisotopic (exact) mass is 368 g/mol. The third kappa shape index (κ3) is 3.96. The molecule has 2 heterocycles. The van der Waals surface area contributed by atoms with Gasteiger partial charge in [0.15, 0.2) is 6.23 Å². The quantitative estimate of drug-likeness (QED) is 0.499. The van der Waals surface area contributed by atoms with E-state index in [0.29, 0.717) is 11.6 Å². The number of benzene rings is 1. The van der Waals surface area contributed by atoms with E-state index < -0.39 is 16.3 Å². The van der Waals surface area contributed by atoms with Crippen LogP contribution in [0.2, 0.25) is 0 Å². The lowest BCUT2D eigenvalue weighted by Crippen LogP contribution is -2.27. The van der Waals surface area contributed by atoms with Crippen LogP contribution >= 0.6 is 11.8 Å². The molecule has 0 spiro atoms. The van der Waals surface area contributed by atoms with Crippen LogP contribution in [0.3, 0.4) is 0 Å². The van der Waals surface area contributed by atoms with Crippen LogP contribution in [-0.2, 0) is 16.4 Å². The van der Waals surface area contributed by atoms with E-state index in [4.69, 9.17) is 9.88 Å². The SMILES string of the molecule is NS(=O)(=O)c1cccc(NC(O)COc2ncnc3c2CCS3)c1. The smallest absolute Gasteiger partial charge is 0.238 e. The summed E-state index contributed by atoms with van der Waals surface area (Å²) >= 11 is 1.64. The Morgan fingerprint density at radius 1 is 1.42 bits per heavy atom. The van der Waals surface area contributed by atoms with E-state index in [1.807, 2.05) is 0 Å². The summed E-state index contributed by atoms with van der Waals surface area (Å²) in [5.41, 5.74) is 1.37. The number of nitrogens with zero attached hydrogens (tertiary/aromatic N) is 2. The molecule has 4 N–H and O–H groups in total. The molecule has 1 aromatic carbocycles. The fourth-order valence-corrected chi connectivity index (χ4v) is 3.79. The summed E-state index contributed by atoms with van der Waals surface area (Å²) in [6, 6.07) is 5.88. The molecule has 0 saturated carbocycles. The van der Waals surface area contributed by atoms with Crippen molar-refractivity contribution in [2.75, 3.05) is 17.7 Å². The van der Waals surface area contributed by atoms with Gasteiger partial charge in [-0.05, 0) is 24.6 Å². The Labute approximate surface area is 143 Å². The molecule has 3 rings (SSSR count). The fraction of sp³-hybridized carbons (Fsp3) is 0.286. The van der Waals surface area contributed by atoms with E-state index in [1.54, 1.807) is 17.8 Å². The molecule has 1 atom stereocenters. The molecule has 0 fully saturated rings. The van der Waals surface area contributed by atoms with Gasteiger partial charge in [-0.1, -0.05) is 6.07 Å². The van der Waals surface area contributed by atoms with Crippen molar-refractivity contribution in [1.29, 1.82) is 0 Å². The molecule has 128 valence electrons. The third-order valence-corrected chi connectivity index (χ3v) is 5.28. The van der Waals surface area contributed by atoms with Crippen molar-refractivity contribution in [3.05, 3.63) is 36.2 Å². The number of hydrogen-bond donors (Lipinski definition) is 3. The maximum absolute atomic E-state index is 11.3. The maximum atomic E-state index is 11.3. The highest BCUT2D eigenvalue weighted by atomic mass is 32.2. The van der Waals surface area contributed by atoms with Gasteiger partial charge in [-0.15, -0.1) is 11.8 Å². The molecule has 10 heteroatoms. The Balaban J connectivity index is 1.63. The van der Waals surface area contributed by atoms with Crippen molar-refractivity contribution in [3.8, 4) is 5.88 Å². The topological polar surface area (TPSA) is 127 Å². The first-order chi connectivity index (χ1) is 11.4. The van der Waals surface area contributed by atoms with Crippen LogP contribution < -0.4 is 15.2 Å². The first-order valence-electron chi connectivity index (χ1n) is 7.10. The first kappa shape index (κ1) is 17.0. The van der Waals surface area contributed by atoms with Crippen molar-refractivity contribution in [3.63, 3.8) is 0 Å². The largest absolute Gasteiger partial charge is 0.473 e. The van der Waals surface area contributed by atoms with E-state index in [9.17, 15) is 13.5 Å². The van der Waals surface area contributed by atoms with Gasteiger partial charge in [0.2, 0.25) is 15.9 Å². The molecule has 0 saturated heterocycles. The molecule has 24 heavy (non-hydrogen) atoms. The van der Waals surface area contributed by atoms with Crippen molar-refractivity contribution < 1.29 is 18.3 Å². The van der Waals surface area contributed by atoms with Crippen LogP contribution in [0.4, 0.5) is 5.69 Å². The summed E-state index contributed by atoms with van der Waals surface area (Å²) in [6.07, 6.45) is 1.22. The molecule has 1 unspecified atom stereocenters. The summed E-state index contributed by atoms with van der Waals surface area (Å²) in [7, 11) is -3.80. The van der Waals surface area contributed by atoms with Crippen LogP contribution in [0.5, 0.6) is 5.88 Å². The van der Waals surface area contributed by atoms with Gasteiger partial charge in [0.25, 0.3) is 0 Å². The van der Waals surface area contributed by atoms with Crippen LogP contribution in [0.25, 0.3) is 0 Å². The number of aliphatic hydroxyl groups excluding tert-OH is 1. The van der Waals surface area contributed by atoms with Crippen LogP contribution in [0, 0.1) is 0 Å². The summed E-state index contributed by atoms with van der Waals surface area (Å²) in [4.78, 5) is 8.23. The van der Waals surface area contributed by atoms with Gasteiger partial charge in [0.1, 0.15) is 18.0 Å². The third-order valence-electron chi connectivity index (χ3n) is 3.33. The van der Waals surface area contributed by atoms with Crippen molar-refractivity contribution >= 4 is 27.5 Å². The number of anilines is 1. The zero-order chi connectivity index (χ0) is 17.2. The lowest BCUT2D eigenvalue weighted by atomic mass is 10.2. The van der Waals surface area contributed by atoms with E-state index >= 15 is 0 Å². The van der Waals surface area contributed by atoms with Gasteiger partial charge < -0.3 is 15.2 Å². The van der Waals surface area contributed by atoms with E-state index in [-0.39, 0.29) is 11.5 Å². The number of fused-ring (bicyclic) bond motifs is 1. The van der Waals surface area contributed by atoms with Gasteiger partial charge in [0, 0.05) is 17.0 Å². The van der Waals surface area contributed by atoms with Crippen molar-refractivity contribution in [1.82, 2.24) is 9.97 Å². The van der Waals surface area contributed by atoms with Crippen LogP contribution in [0.1, 0.15) is 5.56 Å². The Morgan fingerprint density at radius 3 is 3.04 bits per heavy atom. The Bertz CT molecular complexity index is 844. The molecule has 8 nitrogen and oxygen atoms in total. The molecule has 1 aromatic heterocycles. The second-order valence-corrected chi connectivity index (χ2v) is 7.75. The minimum absolute atomic E-state index is 0.0359. The number of aliphatic hydroxyl groups is 1. The zero-order valence-corrected chi connectivity index (χ0v) is 14.2. The molecular formula is C14H16N4O4S2. The van der Waals surface area contributed by atoms with Gasteiger partial charge in [-0.2, -0.15) is 0 Å². The Hall–Kier alpha value is -1.88. The standard InChI is InChI=1S/C14H16N4O4S2/c15-24(20,21)10-3-1-2-9(6-10)18-12(19)7-22-13-11-4-5-23-14(11)17-8-16-13/h1-3,6,8,12,18-19H,4-5,7H2,(H2,15,20,21). The summed E-state index contributed by atoms with van der Waals surface area (Å²) in [5.74, 6) is 1.40. The average Bonchev–Trinajstić information content (AvgIpc) is 3.01. The summed E-state index contributed by atoms with van der Waals surface area (Å²) in [6.45, 7) is -0.0479. The molecule has 1 aliphatic rings. The first-order valence-corrected chi connectivity index (χ1v) is 9.63. The average molecular weight is 368 g/mol.